The molecule has 4 aromatic rings. The van der Waals surface area contributed by atoms with Gasteiger partial charge in [0.25, 0.3) is 0 Å². The molecule has 0 saturated heterocycles. The van der Waals surface area contributed by atoms with Crippen LogP contribution in [0.3, 0.4) is 0 Å². The van der Waals surface area contributed by atoms with E-state index in [-0.39, 0.29) is 28.7 Å². The first-order valence-corrected chi connectivity index (χ1v) is 8.46. The lowest BCUT2D eigenvalue weighted by Crippen LogP contribution is -2.20. The van der Waals surface area contributed by atoms with Gasteiger partial charge in [0.05, 0.1) is 15.7 Å². The largest absolute Gasteiger partial charge is 0.335 e. The summed E-state index contributed by atoms with van der Waals surface area (Å²) in [6.45, 7) is -0.192. The summed E-state index contributed by atoms with van der Waals surface area (Å²) >= 11 is 1.14. The Balaban J connectivity index is 1.63. The third kappa shape index (κ3) is 2.95. The van der Waals surface area contributed by atoms with Crippen molar-refractivity contribution < 1.29 is 13.6 Å². The molecule has 0 saturated carbocycles. The molecule has 26 heavy (non-hydrogen) atoms. The van der Waals surface area contributed by atoms with Crippen molar-refractivity contribution in [1.29, 1.82) is 0 Å². The lowest BCUT2D eigenvalue weighted by atomic mass is 10.2. The van der Waals surface area contributed by atoms with Crippen LogP contribution >= 0.6 is 11.3 Å². The Hall–Kier alpha value is -3.13. The van der Waals surface area contributed by atoms with Crippen molar-refractivity contribution in [2.75, 3.05) is 5.32 Å². The molecule has 0 unspecified atom stereocenters. The molecule has 0 aliphatic heterocycles. The zero-order chi connectivity index (χ0) is 18.3. The Morgan fingerprint density at radius 1 is 1.19 bits per heavy atom. The van der Waals surface area contributed by atoms with Gasteiger partial charge >= 0.3 is 0 Å². The minimum Gasteiger partial charge on any atom is -0.335 e. The summed E-state index contributed by atoms with van der Waals surface area (Å²) in [7, 11) is 0. The second-order valence-electron chi connectivity index (χ2n) is 5.62. The molecule has 0 radical (unpaired) electrons. The highest BCUT2D eigenvalue weighted by atomic mass is 32.1. The smallest absolute Gasteiger partial charge is 0.246 e. The number of halogens is 2. The first-order valence-electron chi connectivity index (χ1n) is 7.65. The molecule has 8 heteroatoms. The van der Waals surface area contributed by atoms with Crippen LogP contribution in [0.2, 0.25) is 0 Å². The number of carbonyl (C=O) groups is 1. The van der Waals surface area contributed by atoms with Crippen molar-refractivity contribution in [3.05, 3.63) is 70.5 Å². The Labute approximate surface area is 149 Å². The van der Waals surface area contributed by atoms with Crippen molar-refractivity contribution in [1.82, 2.24) is 9.55 Å². The van der Waals surface area contributed by atoms with Crippen molar-refractivity contribution in [3.8, 4) is 0 Å². The van der Waals surface area contributed by atoms with Gasteiger partial charge in [0.1, 0.15) is 18.2 Å². The van der Waals surface area contributed by atoms with E-state index in [1.807, 2.05) is 0 Å². The number of nitrogens with zero attached hydrogens (tertiary/aromatic N) is 2. The number of fused-ring (bicyclic) bond motifs is 2. The number of aromatic nitrogens is 2. The second kappa shape index (κ2) is 6.30. The number of carbonyl (C=O) groups excluding carboxylic acids is 1. The lowest BCUT2D eigenvalue weighted by molar-refractivity contribution is -0.116. The maximum absolute atomic E-state index is 14.1. The zero-order valence-electron chi connectivity index (χ0n) is 13.2. The number of pyridine rings is 1. The highest BCUT2D eigenvalue weighted by molar-refractivity contribution is 7.22. The van der Waals surface area contributed by atoms with Gasteiger partial charge in [-0.05, 0) is 30.3 Å². The van der Waals surface area contributed by atoms with Crippen LogP contribution in [0.25, 0.3) is 21.1 Å². The molecule has 2 heterocycles. The number of benzene rings is 2. The number of hydrogen-bond donors (Lipinski definition) is 1. The van der Waals surface area contributed by atoms with Gasteiger partial charge in [-0.1, -0.05) is 17.4 Å². The van der Waals surface area contributed by atoms with Crippen molar-refractivity contribution in [2.45, 2.75) is 6.54 Å². The number of amides is 1. The van der Waals surface area contributed by atoms with E-state index in [0.29, 0.717) is 15.3 Å². The normalized spacial score (nSPS) is 11.2. The molecular formula is C18H11F2N3O2S. The van der Waals surface area contributed by atoms with E-state index in [2.05, 4.69) is 10.3 Å². The van der Waals surface area contributed by atoms with Gasteiger partial charge in [-0.3, -0.25) is 9.59 Å². The van der Waals surface area contributed by atoms with Gasteiger partial charge < -0.3 is 9.88 Å². The molecule has 0 aliphatic rings. The molecule has 0 fully saturated rings. The Kier molecular flexibility index (Phi) is 3.96. The molecule has 1 N–H and O–H groups in total. The summed E-state index contributed by atoms with van der Waals surface area (Å²) in [6.07, 6.45) is 1.38. The van der Waals surface area contributed by atoms with Crippen molar-refractivity contribution in [3.63, 3.8) is 0 Å². The molecule has 2 aromatic carbocycles. The number of nitrogens with one attached hydrogen (secondary N) is 1. The summed E-state index contributed by atoms with van der Waals surface area (Å²) in [5.41, 5.74) is 0.331. The molecule has 1 amide bonds. The van der Waals surface area contributed by atoms with E-state index in [4.69, 9.17) is 0 Å². The van der Waals surface area contributed by atoms with Crippen LogP contribution in [0, 0.1) is 11.6 Å². The van der Waals surface area contributed by atoms with Crippen molar-refractivity contribution >= 4 is 43.5 Å². The van der Waals surface area contributed by atoms with Crippen LogP contribution in [-0.2, 0) is 11.3 Å². The van der Waals surface area contributed by atoms with Crippen LogP contribution in [0.5, 0.6) is 0 Å². The van der Waals surface area contributed by atoms with Gasteiger partial charge in [0.15, 0.2) is 10.6 Å². The minimum absolute atomic E-state index is 0.0709. The van der Waals surface area contributed by atoms with Crippen LogP contribution in [0.4, 0.5) is 13.9 Å². The highest BCUT2D eigenvalue weighted by Crippen LogP contribution is 2.26. The van der Waals surface area contributed by atoms with Crippen LogP contribution < -0.4 is 10.7 Å². The number of rotatable bonds is 3. The average Bonchev–Trinajstić information content (AvgIpc) is 2.98. The predicted octanol–water partition coefficient (Wildman–Crippen LogP) is 3.53. The SMILES string of the molecule is O=C(Cn1ccc(=O)c2cccc(F)c21)Nc1nc2ccc(F)cc2s1. The summed E-state index contributed by atoms with van der Waals surface area (Å²) in [5, 5.41) is 3.15. The van der Waals surface area contributed by atoms with Gasteiger partial charge in [-0.15, -0.1) is 0 Å². The van der Waals surface area contributed by atoms with E-state index < -0.39 is 11.7 Å². The van der Waals surface area contributed by atoms with E-state index in [1.54, 1.807) is 0 Å². The molecule has 5 nitrogen and oxygen atoms in total. The van der Waals surface area contributed by atoms with Gasteiger partial charge in [0.2, 0.25) is 5.91 Å². The summed E-state index contributed by atoms with van der Waals surface area (Å²) in [5.74, 6) is -1.39. The molecule has 2 aromatic heterocycles. The number of anilines is 1. The molecule has 4 rings (SSSR count). The topological polar surface area (TPSA) is 64.0 Å². The number of thiazole rings is 1. The maximum Gasteiger partial charge on any atom is 0.246 e. The Bertz CT molecular complexity index is 1220. The van der Waals surface area contributed by atoms with Gasteiger partial charge in [0, 0.05) is 17.6 Å². The van der Waals surface area contributed by atoms with Crippen LogP contribution in [-0.4, -0.2) is 15.5 Å². The maximum atomic E-state index is 14.1. The molecule has 0 atom stereocenters. The first kappa shape index (κ1) is 16.3. The Morgan fingerprint density at radius 2 is 2.04 bits per heavy atom. The van der Waals surface area contributed by atoms with Crippen LogP contribution in [0.1, 0.15) is 0 Å². The van der Waals surface area contributed by atoms with E-state index in [1.165, 1.54) is 53.2 Å². The molecule has 0 aliphatic carbocycles. The fraction of sp³-hybridized carbons (Fsp3) is 0.0556. The third-order valence-electron chi connectivity index (χ3n) is 3.86. The second-order valence-corrected chi connectivity index (χ2v) is 6.65. The summed E-state index contributed by atoms with van der Waals surface area (Å²) in [6, 6.07) is 9.65. The fourth-order valence-electron chi connectivity index (χ4n) is 2.73. The van der Waals surface area contributed by atoms with Crippen molar-refractivity contribution in [2.24, 2.45) is 0 Å². The molecule has 0 bridgehead atoms. The number of hydrogen-bond acceptors (Lipinski definition) is 4. The lowest BCUT2D eigenvalue weighted by Gasteiger charge is -2.10. The minimum atomic E-state index is -0.580. The van der Waals surface area contributed by atoms with E-state index in [9.17, 15) is 18.4 Å². The summed E-state index contributed by atoms with van der Waals surface area (Å²) < 4.78 is 29.4. The first-order chi connectivity index (χ1) is 12.5. The quantitative estimate of drug-likeness (QED) is 0.599. The monoisotopic (exact) mass is 371 g/mol. The average molecular weight is 371 g/mol. The summed E-state index contributed by atoms with van der Waals surface area (Å²) in [4.78, 5) is 28.4. The molecule has 130 valence electrons. The van der Waals surface area contributed by atoms with Gasteiger partial charge in [-0.25, -0.2) is 13.8 Å². The fourth-order valence-corrected chi connectivity index (χ4v) is 3.63. The zero-order valence-corrected chi connectivity index (χ0v) is 14.0. The van der Waals surface area contributed by atoms with E-state index >= 15 is 0 Å². The van der Waals surface area contributed by atoms with Gasteiger partial charge in [-0.2, -0.15) is 0 Å². The standard InChI is InChI=1S/C18H11F2N3O2S/c19-10-4-5-13-15(8-10)26-18(21-13)22-16(25)9-23-7-6-14(24)11-2-1-3-12(20)17(11)23/h1-8H,9H2,(H,21,22,25). The highest BCUT2D eigenvalue weighted by Gasteiger charge is 2.12. The molecular weight excluding hydrogens is 360 g/mol. The Morgan fingerprint density at radius 3 is 2.88 bits per heavy atom. The molecule has 0 spiro atoms. The third-order valence-corrected chi connectivity index (χ3v) is 4.79. The van der Waals surface area contributed by atoms with E-state index in [0.717, 1.165) is 11.3 Å². The predicted molar refractivity (Wildman–Crippen MR) is 96.4 cm³/mol. The number of para-hydroxylation sites is 1. The van der Waals surface area contributed by atoms with Crippen LogP contribution in [0.15, 0.2) is 53.5 Å².